The van der Waals surface area contributed by atoms with Crippen molar-refractivity contribution in [1.82, 2.24) is 0 Å². The second kappa shape index (κ2) is 16.0. The largest absolute Gasteiger partial charge is 0.479 e. The third kappa shape index (κ3) is 23.8. The summed E-state index contributed by atoms with van der Waals surface area (Å²) in [5.41, 5.74) is -2.22. The van der Waals surface area contributed by atoms with Crippen molar-refractivity contribution in [1.29, 1.82) is 0 Å². The fraction of sp³-hybridized carbons (Fsp3) is 0.688. The van der Waals surface area contributed by atoms with Crippen molar-refractivity contribution >= 4 is 29.3 Å². The lowest BCUT2D eigenvalue weighted by Gasteiger charge is -2.11. The average Bonchev–Trinajstić information content (AvgIpc) is 2.48. The van der Waals surface area contributed by atoms with Crippen LogP contribution < -0.4 is 0 Å². The molecule has 0 aromatic heterocycles. The van der Waals surface area contributed by atoms with E-state index in [1.807, 2.05) is 0 Å². The summed E-state index contributed by atoms with van der Waals surface area (Å²) in [4.78, 5) is 49.1. The van der Waals surface area contributed by atoms with E-state index >= 15 is 0 Å². The Kier molecular flexibility index (Phi) is 19.2. The van der Waals surface area contributed by atoms with Crippen LogP contribution in [0, 0.1) is 0 Å². The van der Waals surface area contributed by atoms with Crippen molar-refractivity contribution in [3.63, 3.8) is 0 Å². The fourth-order valence-electron chi connectivity index (χ4n) is 0.151. The summed E-state index contributed by atoms with van der Waals surface area (Å²) in [5.74, 6) is -4.68. The van der Waals surface area contributed by atoms with Crippen LogP contribution in [0.1, 0.15) is 48.5 Å². The number of hydrogen-bond acceptors (Lipinski definition) is 9. The molecule has 4 atom stereocenters. The van der Waals surface area contributed by atoms with Crippen LogP contribution in [0.2, 0.25) is 0 Å². The molecule has 27 heavy (non-hydrogen) atoms. The first-order valence-corrected chi connectivity index (χ1v) is 7.57. The maximum absolute atomic E-state index is 10.3. The van der Waals surface area contributed by atoms with Crippen molar-refractivity contribution in [3.05, 3.63) is 0 Å². The number of carbonyl (C=O) groups excluding carboxylic acids is 3. The molecule has 0 aliphatic heterocycles. The van der Waals surface area contributed by atoms with E-state index in [0.29, 0.717) is 0 Å². The number of carboxylic acids is 2. The Morgan fingerprint density at radius 3 is 1.00 bits per heavy atom. The van der Waals surface area contributed by atoms with E-state index in [1.165, 1.54) is 13.8 Å². The molecule has 0 saturated carbocycles. The van der Waals surface area contributed by atoms with Crippen LogP contribution in [0.5, 0.6) is 0 Å². The number of Topliss-reactive ketones (excluding diaryl/α,β-unsaturated/α-hetero) is 3. The highest BCUT2D eigenvalue weighted by Crippen LogP contribution is 2.03. The van der Waals surface area contributed by atoms with E-state index in [9.17, 15) is 24.0 Å². The van der Waals surface area contributed by atoms with Gasteiger partial charge in [0.05, 0.1) is 12.2 Å². The van der Waals surface area contributed by atoms with Crippen LogP contribution in [0.25, 0.3) is 0 Å². The molecule has 0 amide bonds. The van der Waals surface area contributed by atoms with Crippen LogP contribution in [-0.2, 0) is 24.0 Å². The Morgan fingerprint density at radius 2 is 1.00 bits per heavy atom. The predicted molar refractivity (Wildman–Crippen MR) is 93.0 cm³/mol. The summed E-state index contributed by atoms with van der Waals surface area (Å²) in [6, 6.07) is 0. The van der Waals surface area contributed by atoms with Crippen molar-refractivity contribution in [2.75, 3.05) is 0 Å². The minimum atomic E-state index is -2.22. The highest BCUT2D eigenvalue weighted by molar-refractivity contribution is 6.31. The van der Waals surface area contributed by atoms with Crippen LogP contribution in [0.4, 0.5) is 0 Å². The zero-order chi connectivity index (χ0) is 23.1. The number of aliphatic hydroxyl groups is 4. The molecule has 0 spiro atoms. The van der Waals surface area contributed by atoms with E-state index in [1.54, 1.807) is 13.8 Å². The van der Waals surface area contributed by atoms with E-state index < -0.39 is 47.4 Å². The first-order chi connectivity index (χ1) is 11.8. The molecule has 0 heterocycles. The smallest absolute Gasteiger partial charge is 0.371 e. The molecule has 0 aromatic rings. The topological polar surface area (TPSA) is 207 Å². The van der Waals surface area contributed by atoms with Gasteiger partial charge in [-0.05, 0) is 41.5 Å². The average molecular weight is 398 g/mol. The fourth-order valence-corrected chi connectivity index (χ4v) is 0.151. The van der Waals surface area contributed by atoms with Crippen molar-refractivity contribution in [2.24, 2.45) is 0 Å². The van der Waals surface area contributed by atoms with Gasteiger partial charge in [0.25, 0.3) is 0 Å². The van der Waals surface area contributed by atoms with E-state index in [-0.39, 0.29) is 5.78 Å². The van der Waals surface area contributed by atoms with Gasteiger partial charge < -0.3 is 30.6 Å². The highest BCUT2D eigenvalue weighted by atomic mass is 16.4. The second-order valence-corrected chi connectivity index (χ2v) is 5.56. The molecule has 6 N–H and O–H groups in total. The molecule has 0 rings (SSSR count). The third-order valence-electron chi connectivity index (χ3n) is 2.69. The van der Waals surface area contributed by atoms with Crippen LogP contribution in [0.15, 0.2) is 0 Å². The Labute approximate surface area is 157 Å². The zero-order valence-corrected chi connectivity index (χ0v) is 16.5. The van der Waals surface area contributed by atoms with Gasteiger partial charge in [0.1, 0.15) is 6.10 Å². The zero-order valence-electron chi connectivity index (χ0n) is 16.5. The van der Waals surface area contributed by atoms with Crippen LogP contribution in [0.3, 0.4) is 0 Å². The van der Waals surface area contributed by atoms with E-state index in [0.717, 1.165) is 20.8 Å². The first kappa shape index (κ1) is 32.5. The van der Waals surface area contributed by atoms with Crippen molar-refractivity contribution < 1.29 is 54.6 Å². The normalized spacial score (nSPS) is 14.6. The molecular weight excluding hydrogens is 368 g/mol. The van der Waals surface area contributed by atoms with Gasteiger partial charge in [0, 0.05) is 6.92 Å². The standard InChI is InChI=1S/C5H8O4.C4H10O2.C4H8O2.C3H4O3/c1-3(6)5(2,9)4(7)8;2*1-3(5)4(2)6;1-2(4)3(5)6/h9H,1-2H3,(H,7,8);3-6H,1-2H3;3,5H,1-2H3;1H3,(H,5,6). The van der Waals surface area contributed by atoms with Crippen LogP contribution in [-0.4, -0.2) is 83.8 Å². The molecule has 0 fully saturated rings. The number of aliphatic carboxylic acids is 2. The minimum absolute atomic E-state index is 0.185. The number of carboxylic acid groups (broad SMARTS) is 2. The van der Waals surface area contributed by atoms with Gasteiger partial charge in [-0.2, -0.15) is 0 Å². The molecule has 0 aliphatic rings. The predicted octanol–water partition coefficient (Wildman–Crippen LogP) is -1.22. The molecule has 0 bridgehead atoms. The number of carbonyl (C=O) groups is 5. The summed E-state index contributed by atoms with van der Waals surface area (Å²) in [6.07, 6.45) is -1.97. The maximum Gasteiger partial charge on any atom is 0.371 e. The Morgan fingerprint density at radius 1 is 0.778 bits per heavy atom. The summed E-state index contributed by atoms with van der Waals surface area (Å²) in [7, 11) is 0. The monoisotopic (exact) mass is 398 g/mol. The first-order valence-electron chi connectivity index (χ1n) is 7.57. The summed E-state index contributed by atoms with van der Waals surface area (Å²) < 4.78 is 0. The number of ketones is 3. The van der Waals surface area contributed by atoms with Crippen molar-refractivity contribution in [2.45, 2.75) is 72.4 Å². The Balaban J connectivity index is -0.000000133. The minimum Gasteiger partial charge on any atom is -0.479 e. The summed E-state index contributed by atoms with van der Waals surface area (Å²) in [6.45, 7) is 8.86. The molecule has 0 radical (unpaired) electrons. The summed E-state index contributed by atoms with van der Waals surface area (Å²) >= 11 is 0. The lowest BCUT2D eigenvalue weighted by atomic mass is 10.0. The van der Waals surface area contributed by atoms with Crippen LogP contribution >= 0.6 is 0 Å². The Bertz CT molecular complexity index is 457. The molecule has 11 heteroatoms. The van der Waals surface area contributed by atoms with Crippen molar-refractivity contribution in [3.8, 4) is 0 Å². The molecule has 11 nitrogen and oxygen atoms in total. The van der Waals surface area contributed by atoms with Gasteiger partial charge in [-0.3, -0.25) is 14.4 Å². The van der Waals surface area contributed by atoms with Gasteiger partial charge in [0.2, 0.25) is 11.4 Å². The second-order valence-electron chi connectivity index (χ2n) is 5.56. The molecule has 0 aliphatic carbocycles. The van der Waals surface area contributed by atoms with E-state index in [4.69, 9.17) is 30.6 Å². The van der Waals surface area contributed by atoms with Gasteiger partial charge in [-0.15, -0.1) is 0 Å². The maximum atomic E-state index is 10.3. The lowest BCUT2D eigenvalue weighted by Crippen LogP contribution is -2.41. The highest BCUT2D eigenvalue weighted by Gasteiger charge is 2.35. The lowest BCUT2D eigenvalue weighted by molar-refractivity contribution is -0.162. The molecule has 4 unspecified atom stereocenters. The van der Waals surface area contributed by atoms with Gasteiger partial charge in [0.15, 0.2) is 11.6 Å². The summed E-state index contributed by atoms with van der Waals surface area (Å²) in [5, 5.41) is 49.5. The van der Waals surface area contributed by atoms with E-state index in [2.05, 4.69) is 0 Å². The molecule has 160 valence electrons. The number of rotatable bonds is 5. The Hall–Kier alpha value is -2.21. The SMILES string of the molecule is CC(=O)C(=O)O.CC(=O)C(C)(O)C(=O)O.CC(=O)C(C)O.CC(O)C(C)O. The molecule has 0 saturated heterocycles. The van der Waals surface area contributed by atoms with Gasteiger partial charge in [-0.1, -0.05) is 0 Å². The quantitative estimate of drug-likeness (QED) is 0.239. The molecular formula is C16H30O11. The molecule has 0 aromatic carbocycles. The number of hydrogen-bond donors (Lipinski definition) is 6. The van der Waals surface area contributed by atoms with Gasteiger partial charge in [-0.25, -0.2) is 9.59 Å². The number of aliphatic hydroxyl groups excluding tert-OH is 3. The van der Waals surface area contributed by atoms with Gasteiger partial charge >= 0.3 is 11.9 Å². The third-order valence-corrected chi connectivity index (χ3v) is 2.69.